The first-order valence-electron chi connectivity index (χ1n) is 6.97. The fourth-order valence-corrected chi connectivity index (χ4v) is 2.62. The van der Waals surface area contributed by atoms with Gasteiger partial charge in [-0.25, -0.2) is 0 Å². The van der Waals surface area contributed by atoms with E-state index in [2.05, 4.69) is 4.98 Å². The van der Waals surface area contributed by atoms with E-state index in [4.69, 9.17) is 16.3 Å². The first-order chi connectivity index (χ1) is 10.3. The molecule has 1 N–H and O–H groups in total. The van der Waals surface area contributed by atoms with Crippen molar-refractivity contribution < 1.29 is 14.3 Å². The Morgan fingerprint density at radius 2 is 1.77 bits per heavy atom. The zero-order valence-corrected chi connectivity index (χ0v) is 13.7. The maximum absolute atomic E-state index is 12.5. The summed E-state index contributed by atoms with van der Waals surface area (Å²) in [6.45, 7) is 6.72. The fourth-order valence-electron chi connectivity index (χ4n) is 2.50. The predicted octanol–water partition coefficient (Wildman–Crippen LogP) is 4.14. The number of benzene rings is 1. The van der Waals surface area contributed by atoms with Gasteiger partial charge in [0.15, 0.2) is 11.9 Å². The molecule has 0 aliphatic rings. The molecule has 0 saturated carbocycles. The number of ketones is 2. The lowest BCUT2D eigenvalue weighted by molar-refractivity contribution is 0.0812. The third kappa shape index (κ3) is 3.22. The summed E-state index contributed by atoms with van der Waals surface area (Å²) in [6, 6.07) is 6.82. The van der Waals surface area contributed by atoms with Crippen molar-refractivity contribution in [1.82, 2.24) is 4.98 Å². The second kappa shape index (κ2) is 6.36. The van der Waals surface area contributed by atoms with Crippen LogP contribution in [0.3, 0.4) is 0 Å². The Balaban J connectivity index is 2.22. The Morgan fingerprint density at radius 1 is 1.18 bits per heavy atom. The van der Waals surface area contributed by atoms with E-state index in [0.717, 1.165) is 0 Å². The Hall–Kier alpha value is -2.07. The van der Waals surface area contributed by atoms with Crippen LogP contribution in [0, 0.1) is 13.8 Å². The van der Waals surface area contributed by atoms with E-state index in [9.17, 15) is 9.59 Å². The molecule has 0 saturated heterocycles. The van der Waals surface area contributed by atoms with Crippen LogP contribution in [0.5, 0.6) is 5.75 Å². The molecule has 2 rings (SSSR count). The largest absolute Gasteiger partial charge is 0.483 e. The van der Waals surface area contributed by atoms with E-state index in [1.54, 1.807) is 45.0 Å². The topological polar surface area (TPSA) is 59.2 Å². The van der Waals surface area contributed by atoms with Gasteiger partial charge in [0.1, 0.15) is 5.75 Å². The average molecular weight is 320 g/mol. The standard InChI is InChI=1S/C17H18ClNO3/c1-9-15(11(3)20)10(2)19-16(9)17(21)12(4)22-14-7-5-13(18)6-8-14/h5-8,12,19H,1-4H3/t12-/m0/s1. The molecule has 0 amide bonds. The molecule has 1 aromatic heterocycles. The number of carbonyl (C=O) groups excluding carboxylic acids is 2. The lowest BCUT2D eigenvalue weighted by atomic mass is 10.0. The summed E-state index contributed by atoms with van der Waals surface area (Å²) < 4.78 is 5.64. The van der Waals surface area contributed by atoms with E-state index in [-0.39, 0.29) is 11.6 Å². The first-order valence-corrected chi connectivity index (χ1v) is 7.35. The fraction of sp³-hybridized carbons (Fsp3) is 0.294. The summed E-state index contributed by atoms with van der Waals surface area (Å²) in [7, 11) is 0. The van der Waals surface area contributed by atoms with Crippen LogP contribution in [0.25, 0.3) is 0 Å². The SMILES string of the molecule is CC(=O)c1c(C)[nH]c(C(=O)[C@H](C)Oc2ccc(Cl)cc2)c1C. The molecule has 0 spiro atoms. The number of H-pyrrole nitrogens is 1. The van der Waals surface area contributed by atoms with Crippen molar-refractivity contribution >= 4 is 23.2 Å². The normalized spacial score (nSPS) is 12.0. The predicted molar refractivity (Wildman–Crippen MR) is 86.1 cm³/mol. The van der Waals surface area contributed by atoms with Gasteiger partial charge < -0.3 is 9.72 Å². The molecule has 0 aliphatic heterocycles. The third-order valence-corrected chi connectivity index (χ3v) is 3.78. The molecule has 0 fully saturated rings. The van der Waals surface area contributed by atoms with E-state index >= 15 is 0 Å². The summed E-state index contributed by atoms with van der Waals surface area (Å²) in [5.74, 6) is 0.317. The lowest BCUT2D eigenvalue weighted by Gasteiger charge is -2.13. The number of aryl methyl sites for hydroxylation is 1. The molecule has 0 aliphatic carbocycles. The number of aromatic amines is 1. The van der Waals surface area contributed by atoms with Gasteiger partial charge in [-0.3, -0.25) is 9.59 Å². The van der Waals surface area contributed by atoms with Crippen molar-refractivity contribution in [3.05, 3.63) is 51.8 Å². The Labute approximate surface area is 134 Å². The molecular formula is C17H18ClNO3. The Bertz CT molecular complexity index is 716. The minimum atomic E-state index is -0.669. The summed E-state index contributed by atoms with van der Waals surface area (Å²) >= 11 is 5.82. The summed E-state index contributed by atoms with van der Waals surface area (Å²) in [4.78, 5) is 27.2. The van der Waals surface area contributed by atoms with Gasteiger partial charge >= 0.3 is 0 Å². The molecule has 0 bridgehead atoms. The van der Waals surface area contributed by atoms with Crippen LogP contribution >= 0.6 is 11.6 Å². The monoisotopic (exact) mass is 319 g/mol. The zero-order valence-electron chi connectivity index (χ0n) is 13.0. The Kier molecular flexibility index (Phi) is 4.71. The van der Waals surface area contributed by atoms with E-state index in [1.807, 2.05) is 0 Å². The van der Waals surface area contributed by atoms with Gasteiger partial charge in [0, 0.05) is 16.3 Å². The number of carbonyl (C=O) groups is 2. The minimum Gasteiger partial charge on any atom is -0.483 e. The van der Waals surface area contributed by atoms with Gasteiger partial charge in [0.05, 0.1) is 5.69 Å². The van der Waals surface area contributed by atoms with Gasteiger partial charge in [-0.2, -0.15) is 0 Å². The maximum Gasteiger partial charge on any atom is 0.219 e. The van der Waals surface area contributed by atoms with Gasteiger partial charge in [0.25, 0.3) is 0 Å². The quantitative estimate of drug-likeness (QED) is 0.843. The molecule has 116 valence electrons. The number of halogens is 1. The van der Waals surface area contributed by atoms with Crippen molar-refractivity contribution in [3.8, 4) is 5.75 Å². The second-order valence-electron chi connectivity index (χ2n) is 5.26. The van der Waals surface area contributed by atoms with Crippen LogP contribution in [0.4, 0.5) is 0 Å². The highest BCUT2D eigenvalue weighted by Crippen LogP contribution is 2.22. The molecule has 2 aromatic rings. The van der Waals surface area contributed by atoms with Gasteiger partial charge in [-0.05, 0) is 57.5 Å². The lowest BCUT2D eigenvalue weighted by Crippen LogP contribution is -2.25. The number of aromatic nitrogens is 1. The van der Waals surface area contributed by atoms with Gasteiger partial charge in [-0.1, -0.05) is 11.6 Å². The van der Waals surface area contributed by atoms with Crippen LogP contribution in [0.1, 0.15) is 46.0 Å². The van der Waals surface area contributed by atoms with Gasteiger partial charge in [0.2, 0.25) is 5.78 Å². The maximum atomic E-state index is 12.5. The molecular weight excluding hydrogens is 302 g/mol. The highest BCUT2D eigenvalue weighted by molar-refractivity contribution is 6.30. The van der Waals surface area contributed by atoms with Crippen molar-refractivity contribution in [3.63, 3.8) is 0 Å². The van der Waals surface area contributed by atoms with Crippen LogP contribution in [-0.2, 0) is 0 Å². The van der Waals surface area contributed by atoms with E-state index in [0.29, 0.717) is 33.3 Å². The van der Waals surface area contributed by atoms with Crippen LogP contribution in [-0.4, -0.2) is 22.7 Å². The Morgan fingerprint density at radius 3 is 2.27 bits per heavy atom. The number of rotatable bonds is 5. The van der Waals surface area contributed by atoms with Crippen LogP contribution in [0.15, 0.2) is 24.3 Å². The molecule has 22 heavy (non-hydrogen) atoms. The first kappa shape index (κ1) is 16.3. The zero-order chi connectivity index (χ0) is 16.4. The molecule has 4 nitrogen and oxygen atoms in total. The number of Topliss-reactive ketones (excluding diaryl/α,β-unsaturated/α-hetero) is 2. The molecule has 1 aromatic carbocycles. The molecule has 5 heteroatoms. The number of nitrogens with one attached hydrogen (secondary N) is 1. The smallest absolute Gasteiger partial charge is 0.219 e. The van der Waals surface area contributed by atoms with Gasteiger partial charge in [-0.15, -0.1) is 0 Å². The summed E-state index contributed by atoms with van der Waals surface area (Å²) in [6.07, 6.45) is -0.669. The van der Waals surface area contributed by atoms with Crippen molar-refractivity contribution in [2.45, 2.75) is 33.8 Å². The molecule has 0 radical (unpaired) electrons. The molecule has 1 atom stereocenters. The average Bonchev–Trinajstić information content (AvgIpc) is 2.75. The number of hydrogen-bond acceptors (Lipinski definition) is 3. The van der Waals surface area contributed by atoms with Crippen molar-refractivity contribution in [1.29, 1.82) is 0 Å². The summed E-state index contributed by atoms with van der Waals surface area (Å²) in [5.41, 5.74) is 2.36. The molecule has 1 heterocycles. The van der Waals surface area contributed by atoms with E-state index < -0.39 is 6.10 Å². The summed E-state index contributed by atoms with van der Waals surface area (Å²) in [5, 5.41) is 0.605. The van der Waals surface area contributed by atoms with E-state index in [1.165, 1.54) is 6.92 Å². The minimum absolute atomic E-state index is 0.0587. The number of ether oxygens (including phenoxy) is 1. The van der Waals surface area contributed by atoms with Crippen molar-refractivity contribution in [2.75, 3.05) is 0 Å². The number of hydrogen-bond donors (Lipinski definition) is 1. The van der Waals surface area contributed by atoms with Crippen molar-refractivity contribution in [2.24, 2.45) is 0 Å². The highest BCUT2D eigenvalue weighted by atomic mass is 35.5. The van der Waals surface area contributed by atoms with Crippen LogP contribution in [0.2, 0.25) is 5.02 Å². The van der Waals surface area contributed by atoms with Crippen LogP contribution < -0.4 is 4.74 Å². The second-order valence-corrected chi connectivity index (χ2v) is 5.70. The third-order valence-electron chi connectivity index (χ3n) is 3.53. The highest BCUT2D eigenvalue weighted by Gasteiger charge is 2.24. The molecule has 0 unspecified atom stereocenters.